The Hall–Kier alpha value is -1.39. The number of rotatable bonds is 4. The van der Waals surface area contributed by atoms with Gasteiger partial charge >= 0.3 is 0 Å². The molecule has 1 heterocycles. The number of nitrogens with zero attached hydrogens (tertiary/aromatic N) is 2. The van der Waals surface area contributed by atoms with Gasteiger partial charge in [0.1, 0.15) is 0 Å². The molecule has 1 aromatic rings. The normalized spacial score (nSPS) is 14.9. The molecule has 0 atom stereocenters. The van der Waals surface area contributed by atoms with Crippen molar-refractivity contribution in [2.45, 2.75) is 6.54 Å². The summed E-state index contributed by atoms with van der Waals surface area (Å²) in [5, 5.41) is 0. The molecule has 1 aliphatic rings. The minimum absolute atomic E-state index is 0.705. The summed E-state index contributed by atoms with van der Waals surface area (Å²) in [6, 6.07) is 8.26. The molecule has 80 valence electrons. The van der Waals surface area contributed by atoms with Gasteiger partial charge in [-0.2, -0.15) is 5.48 Å². The maximum Gasteiger partial charge on any atom is 0.0895 e. The molecule has 0 saturated carbocycles. The Morgan fingerprint density at radius 2 is 2.33 bits per heavy atom. The first-order valence-corrected chi connectivity index (χ1v) is 5.02. The molecule has 1 aromatic carbocycles. The molecule has 2 rings (SSSR count). The number of para-hydroxylation sites is 1. The van der Waals surface area contributed by atoms with Crippen molar-refractivity contribution in [3.8, 4) is 0 Å². The standard InChI is InChI=1S/C11H15N3O/c1-15-13-8-10-4-2-3-5-11(10)14-7-6-12-9-14/h2-5,9,13H,6-8H2,1H3. The number of hydroxylamine groups is 1. The second-order valence-corrected chi connectivity index (χ2v) is 3.37. The van der Waals surface area contributed by atoms with E-state index in [9.17, 15) is 0 Å². The topological polar surface area (TPSA) is 36.9 Å². The molecule has 0 bridgehead atoms. The summed E-state index contributed by atoms with van der Waals surface area (Å²) < 4.78 is 0. The minimum Gasteiger partial charge on any atom is -0.331 e. The van der Waals surface area contributed by atoms with Crippen LogP contribution in [0.2, 0.25) is 0 Å². The summed E-state index contributed by atoms with van der Waals surface area (Å²) in [5.74, 6) is 0. The molecule has 15 heavy (non-hydrogen) atoms. The molecule has 4 heteroatoms. The lowest BCUT2D eigenvalue weighted by Crippen LogP contribution is -2.21. The summed E-state index contributed by atoms with van der Waals surface area (Å²) in [4.78, 5) is 11.2. The van der Waals surface area contributed by atoms with E-state index < -0.39 is 0 Å². The van der Waals surface area contributed by atoms with Gasteiger partial charge in [-0.15, -0.1) is 0 Å². The van der Waals surface area contributed by atoms with Crippen molar-refractivity contribution >= 4 is 12.0 Å². The second-order valence-electron chi connectivity index (χ2n) is 3.37. The van der Waals surface area contributed by atoms with Crippen LogP contribution in [0, 0.1) is 0 Å². The van der Waals surface area contributed by atoms with Crippen LogP contribution in [0.25, 0.3) is 0 Å². The highest BCUT2D eigenvalue weighted by molar-refractivity contribution is 5.82. The number of aliphatic imine (C=N–C) groups is 1. The fraction of sp³-hybridized carbons (Fsp3) is 0.364. The number of anilines is 1. The largest absolute Gasteiger partial charge is 0.331 e. The van der Waals surface area contributed by atoms with Crippen molar-refractivity contribution in [2.75, 3.05) is 25.1 Å². The Morgan fingerprint density at radius 1 is 1.47 bits per heavy atom. The number of hydrogen-bond donors (Lipinski definition) is 1. The molecular weight excluding hydrogens is 190 g/mol. The fourth-order valence-corrected chi connectivity index (χ4v) is 1.65. The van der Waals surface area contributed by atoms with E-state index in [4.69, 9.17) is 4.84 Å². The monoisotopic (exact) mass is 205 g/mol. The molecule has 0 unspecified atom stereocenters. The molecular formula is C11H15N3O. The SMILES string of the molecule is CONCc1ccccc1N1C=NCC1. The van der Waals surface area contributed by atoms with Gasteiger partial charge in [-0.05, 0) is 11.6 Å². The van der Waals surface area contributed by atoms with Crippen LogP contribution >= 0.6 is 0 Å². The number of benzene rings is 1. The first-order valence-electron chi connectivity index (χ1n) is 5.02. The van der Waals surface area contributed by atoms with Crippen LogP contribution in [-0.4, -0.2) is 26.5 Å². The second kappa shape index (κ2) is 4.91. The summed E-state index contributed by atoms with van der Waals surface area (Å²) >= 11 is 0. The zero-order chi connectivity index (χ0) is 10.5. The van der Waals surface area contributed by atoms with Crippen LogP contribution in [0.5, 0.6) is 0 Å². The average Bonchev–Trinajstić information content (AvgIpc) is 2.80. The molecule has 4 nitrogen and oxygen atoms in total. The average molecular weight is 205 g/mol. The van der Waals surface area contributed by atoms with Crippen molar-refractivity contribution in [1.82, 2.24) is 5.48 Å². The summed E-state index contributed by atoms with van der Waals surface area (Å²) in [6.07, 6.45) is 1.89. The van der Waals surface area contributed by atoms with Gasteiger partial charge in [-0.25, -0.2) is 0 Å². The lowest BCUT2D eigenvalue weighted by atomic mass is 10.1. The fourth-order valence-electron chi connectivity index (χ4n) is 1.65. The Kier molecular flexibility index (Phi) is 3.32. The van der Waals surface area contributed by atoms with Gasteiger partial charge in [0.15, 0.2) is 0 Å². The minimum atomic E-state index is 0.705. The van der Waals surface area contributed by atoms with Gasteiger partial charge in [0, 0.05) is 18.8 Å². The molecule has 0 amide bonds. The summed E-state index contributed by atoms with van der Waals surface area (Å²) in [6.45, 7) is 2.55. The van der Waals surface area contributed by atoms with Gasteiger partial charge in [0.25, 0.3) is 0 Å². The van der Waals surface area contributed by atoms with Gasteiger partial charge < -0.3 is 9.74 Å². The first-order chi connectivity index (χ1) is 7.42. The van der Waals surface area contributed by atoms with Crippen molar-refractivity contribution < 1.29 is 4.84 Å². The lowest BCUT2D eigenvalue weighted by Gasteiger charge is -2.18. The third-order valence-corrected chi connectivity index (χ3v) is 2.40. The summed E-state index contributed by atoms with van der Waals surface area (Å²) in [5.41, 5.74) is 5.27. The van der Waals surface area contributed by atoms with Crippen LogP contribution < -0.4 is 10.4 Å². The van der Waals surface area contributed by atoms with Crippen LogP contribution in [0.15, 0.2) is 29.3 Å². The predicted molar refractivity (Wildman–Crippen MR) is 61.0 cm³/mol. The number of nitrogens with one attached hydrogen (secondary N) is 1. The molecule has 0 saturated heterocycles. The predicted octanol–water partition coefficient (Wildman–Crippen LogP) is 1.19. The van der Waals surface area contributed by atoms with E-state index in [-0.39, 0.29) is 0 Å². The van der Waals surface area contributed by atoms with Gasteiger partial charge in [-0.1, -0.05) is 18.2 Å². The third-order valence-electron chi connectivity index (χ3n) is 2.40. The Morgan fingerprint density at radius 3 is 3.07 bits per heavy atom. The van der Waals surface area contributed by atoms with Gasteiger partial charge in [0.2, 0.25) is 0 Å². The van der Waals surface area contributed by atoms with Gasteiger partial charge in [0.05, 0.1) is 20.0 Å². The Balaban J connectivity index is 2.17. The van der Waals surface area contributed by atoms with E-state index in [1.165, 1.54) is 11.3 Å². The van der Waals surface area contributed by atoms with Crippen LogP contribution in [0.4, 0.5) is 5.69 Å². The van der Waals surface area contributed by atoms with E-state index in [2.05, 4.69) is 27.5 Å². The van der Waals surface area contributed by atoms with Gasteiger partial charge in [-0.3, -0.25) is 4.99 Å². The molecule has 0 aliphatic carbocycles. The van der Waals surface area contributed by atoms with Crippen LogP contribution in [0.1, 0.15) is 5.56 Å². The van der Waals surface area contributed by atoms with Crippen LogP contribution in [0.3, 0.4) is 0 Å². The Labute approximate surface area is 89.5 Å². The van der Waals surface area contributed by atoms with E-state index >= 15 is 0 Å². The zero-order valence-corrected chi connectivity index (χ0v) is 8.81. The van der Waals surface area contributed by atoms with Crippen molar-refractivity contribution in [3.05, 3.63) is 29.8 Å². The third kappa shape index (κ3) is 2.34. The zero-order valence-electron chi connectivity index (χ0n) is 8.81. The van der Waals surface area contributed by atoms with Crippen molar-refractivity contribution in [1.29, 1.82) is 0 Å². The molecule has 0 aromatic heterocycles. The van der Waals surface area contributed by atoms with Crippen molar-refractivity contribution in [3.63, 3.8) is 0 Å². The number of hydrogen-bond acceptors (Lipinski definition) is 4. The molecule has 0 spiro atoms. The highest BCUT2D eigenvalue weighted by Gasteiger charge is 2.11. The first kappa shape index (κ1) is 10.1. The molecule has 0 fully saturated rings. The quantitative estimate of drug-likeness (QED) is 0.750. The van der Waals surface area contributed by atoms with E-state index in [0.29, 0.717) is 6.54 Å². The lowest BCUT2D eigenvalue weighted by molar-refractivity contribution is 0.0868. The maximum atomic E-state index is 4.86. The molecule has 0 radical (unpaired) electrons. The van der Waals surface area contributed by atoms with Crippen molar-refractivity contribution in [2.24, 2.45) is 4.99 Å². The van der Waals surface area contributed by atoms with E-state index in [1.54, 1.807) is 7.11 Å². The van der Waals surface area contributed by atoms with E-state index in [0.717, 1.165) is 13.1 Å². The Bertz CT molecular complexity index is 351. The smallest absolute Gasteiger partial charge is 0.0895 e. The summed E-state index contributed by atoms with van der Waals surface area (Å²) in [7, 11) is 1.62. The maximum absolute atomic E-state index is 4.86. The van der Waals surface area contributed by atoms with E-state index in [1.807, 2.05) is 18.5 Å². The molecule has 1 N–H and O–H groups in total. The highest BCUT2D eigenvalue weighted by atomic mass is 16.6. The van der Waals surface area contributed by atoms with Crippen LogP contribution in [-0.2, 0) is 11.4 Å². The highest BCUT2D eigenvalue weighted by Crippen LogP contribution is 2.20. The molecule has 1 aliphatic heterocycles.